The van der Waals surface area contributed by atoms with Crippen molar-refractivity contribution in [2.45, 2.75) is 6.61 Å². The van der Waals surface area contributed by atoms with E-state index in [4.69, 9.17) is 21.6 Å². The highest BCUT2D eigenvalue weighted by Crippen LogP contribution is 2.16. The highest BCUT2D eigenvalue weighted by molar-refractivity contribution is 6.31. The van der Waals surface area contributed by atoms with Gasteiger partial charge in [-0.2, -0.15) is 5.26 Å². The van der Waals surface area contributed by atoms with Crippen molar-refractivity contribution in [2.75, 3.05) is 0 Å². The Kier molecular flexibility index (Phi) is 3.59. The second kappa shape index (κ2) is 5.33. The number of halogens is 1. The van der Waals surface area contributed by atoms with Crippen LogP contribution in [0, 0.1) is 11.3 Å². The molecule has 0 fully saturated rings. The molecule has 0 saturated heterocycles. The molecule has 4 heteroatoms. The minimum absolute atomic E-state index is 0.232. The summed E-state index contributed by atoms with van der Waals surface area (Å²) < 4.78 is 5.54. The fourth-order valence-electron chi connectivity index (χ4n) is 1.32. The van der Waals surface area contributed by atoms with Crippen LogP contribution < -0.4 is 4.74 Å². The van der Waals surface area contributed by atoms with Gasteiger partial charge in [-0.3, -0.25) is 0 Å². The SMILES string of the molecule is N#Cc1ncc(COc2ccccc2)cc1Cl. The fraction of sp³-hybridized carbons (Fsp3) is 0.0769. The molecule has 3 nitrogen and oxygen atoms in total. The van der Waals surface area contributed by atoms with Crippen molar-refractivity contribution in [3.8, 4) is 11.8 Å². The molecule has 0 aliphatic rings. The Labute approximate surface area is 104 Å². The van der Waals surface area contributed by atoms with E-state index < -0.39 is 0 Å². The topological polar surface area (TPSA) is 45.9 Å². The molecule has 0 aliphatic heterocycles. The maximum Gasteiger partial charge on any atom is 0.159 e. The van der Waals surface area contributed by atoms with Crippen molar-refractivity contribution in [3.05, 3.63) is 58.9 Å². The molecular formula is C13H9ClN2O. The van der Waals surface area contributed by atoms with Crippen LogP contribution in [0.4, 0.5) is 0 Å². The van der Waals surface area contributed by atoms with Gasteiger partial charge in [0, 0.05) is 11.8 Å². The number of ether oxygens (including phenoxy) is 1. The Morgan fingerprint density at radius 1 is 1.29 bits per heavy atom. The molecule has 17 heavy (non-hydrogen) atoms. The monoisotopic (exact) mass is 244 g/mol. The summed E-state index contributed by atoms with van der Waals surface area (Å²) in [6.45, 7) is 0.377. The molecule has 0 aliphatic carbocycles. The van der Waals surface area contributed by atoms with Gasteiger partial charge in [0.2, 0.25) is 0 Å². The number of para-hydroxylation sites is 1. The molecule has 0 bridgehead atoms. The summed E-state index contributed by atoms with van der Waals surface area (Å²) in [5, 5.41) is 9.04. The Morgan fingerprint density at radius 2 is 2.06 bits per heavy atom. The standard InChI is InChI=1S/C13H9ClN2O/c14-12-6-10(8-16-13(12)7-15)9-17-11-4-2-1-3-5-11/h1-6,8H,9H2. The Bertz CT molecular complexity index is 549. The van der Waals surface area contributed by atoms with Gasteiger partial charge in [0.15, 0.2) is 5.69 Å². The summed E-state index contributed by atoms with van der Waals surface area (Å²) in [4.78, 5) is 3.94. The molecule has 0 spiro atoms. The minimum atomic E-state index is 0.232. The summed E-state index contributed by atoms with van der Waals surface area (Å²) in [6.07, 6.45) is 1.59. The van der Waals surface area contributed by atoms with Crippen LogP contribution in [0.1, 0.15) is 11.3 Å². The lowest BCUT2D eigenvalue weighted by Crippen LogP contribution is -1.97. The first kappa shape index (κ1) is 11.4. The van der Waals surface area contributed by atoms with Crippen LogP contribution in [0.5, 0.6) is 5.75 Å². The van der Waals surface area contributed by atoms with E-state index in [-0.39, 0.29) is 5.69 Å². The minimum Gasteiger partial charge on any atom is -0.489 e. The summed E-state index contributed by atoms with van der Waals surface area (Å²) in [6, 6.07) is 13.1. The van der Waals surface area contributed by atoms with E-state index in [2.05, 4.69) is 4.98 Å². The van der Waals surface area contributed by atoms with Crippen LogP contribution in [0.3, 0.4) is 0 Å². The zero-order valence-corrected chi connectivity index (χ0v) is 9.69. The molecule has 0 radical (unpaired) electrons. The quantitative estimate of drug-likeness (QED) is 0.833. The second-order valence-electron chi connectivity index (χ2n) is 3.39. The van der Waals surface area contributed by atoms with Gasteiger partial charge >= 0.3 is 0 Å². The normalized spacial score (nSPS) is 9.65. The van der Waals surface area contributed by atoms with Crippen molar-refractivity contribution < 1.29 is 4.74 Å². The molecule has 84 valence electrons. The van der Waals surface area contributed by atoms with E-state index in [1.54, 1.807) is 12.3 Å². The zero-order valence-electron chi connectivity index (χ0n) is 8.93. The Hall–Kier alpha value is -2.05. The van der Waals surface area contributed by atoms with Gasteiger partial charge in [-0.05, 0) is 18.2 Å². The first-order valence-electron chi connectivity index (χ1n) is 5.02. The Morgan fingerprint density at radius 3 is 2.71 bits per heavy atom. The first-order valence-corrected chi connectivity index (χ1v) is 5.40. The molecule has 0 N–H and O–H groups in total. The zero-order chi connectivity index (χ0) is 12.1. The number of hydrogen-bond acceptors (Lipinski definition) is 3. The van der Waals surface area contributed by atoms with E-state index in [0.717, 1.165) is 11.3 Å². The van der Waals surface area contributed by atoms with E-state index in [1.807, 2.05) is 36.4 Å². The average Bonchev–Trinajstić information content (AvgIpc) is 2.38. The predicted molar refractivity (Wildman–Crippen MR) is 64.7 cm³/mol. The van der Waals surface area contributed by atoms with E-state index in [0.29, 0.717) is 11.6 Å². The highest BCUT2D eigenvalue weighted by Gasteiger charge is 2.03. The second-order valence-corrected chi connectivity index (χ2v) is 3.79. The van der Waals surface area contributed by atoms with E-state index in [1.165, 1.54) is 0 Å². The maximum absolute atomic E-state index is 8.69. The lowest BCUT2D eigenvalue weighted by atomic mass is 10.2. The molecule has 0 unspecified atom stereocenters. The van der Waals surface area contributed by atoms with Crippen molar-refractivity contribution in [2.24, 2.45) is 0 Å². The van der Waals surface area contributed by atoms with E-state index in [9.17, 15) is 0 Å². The number of nitriles is 1. The van der Waals surface area contributed by atoms with Crippen LogP contribution in [0.15, 0.2) is 42.6 Å². The molecule has 0 atom stereocenters. The van der Waals surface area contributed by atoms with Crippen LogP contribution in [0.2, 0.25) is 5.02 Å². The van der Waals surface area contributed by atoms with Crippen LogP contribution in [0.25, 0.3) is 0 Å². The lowest BCUT2D eigenvalue weighted by molar-refractivity contribution is 0.306. The van der Waals surface area contributed by atoms with Gasteiger partial charge in [-0.1, -0.05) is 29.8 Å². The number of rotatable bonds is 3. The van der Waals surface area contributed by atoms with Crippen molar-refractivity contribution in [1.29, 1.82) is 5.26 Å². The molecule has 2 aromatic rings. The number of nitrogens with zero attached hydrogens (tertiary/aromatic N) is 2. The fourth-order valence-corrected chi connectivity index (χ4v) is 1.55. The smallest absolute Gasteiger partial charge is 0.159 e. The van der Waals surface area contributed by atoms with Gasteiger partial charge < -0.3 is 4.74 Å². The van der Waals surface area contributed by atoms with Gasteiger partial charge in [-0.25, -0.2) is 4.98 Å². The number of benzene rings is 1. The van der Waals surface area contributed by atoms with Crippen LogP contribution in [-0.4, -0.2) is 4.98 Å². The van der Waals surface area contributed by atoms with E-state index >= 15 is 0 Å². The number of pyridine rings is 1. The van der Waals surface area contributed by atoms with Crippen LogP contribution in [-0.2, 0) is 6.61 Å². The van der Waals surface area contributed by atoms with Gasteiger partial charge in [0.25, 0.3) is 0 Å². The summed E-state index contributed by atoms with van der Waals surface area (Å²) in [5.41, 5.74) is 1.06. The molecule has 1 aromatic heterocycles. The van der Waals surface area contributed by atoms with Gasteiger partial charge in [0.05, 0.1) is 5.02 Å². The third-order valence-electron chi connectivity index (χ3n) is 2.15. The molecule has 0 saturated carbocycles. The van der Waals surface area contributed by atoms with Crippen molar-refractivity contribution in [1.82, 2.24) is 4.98 Å². The molecule has 0 amide bonds. The number of hydrogen-bond donors (Lipinski definition) is 0. The van der Waals surface area contributed by atoms with Crippen molar-refractivity contribution in [3.63, 3.8) is 0 Å². The average molecular weight is 245 g/mol. The third-order valence-corrected chi connectivity index (χ3v) is 2.44. The largest absolute Gasteiger partial charge is 0.489 e. The third kappa shape index (κ3) is 2.96. The van der Waals surface area contributed by atoms with Gasteiger partial charge in [-0.15, -0.1) is 0 Å². The lowest BCUT2D eigenvalue weighted by Gasteiger charge is -2.06. The van der Waals surface area contributed by atoms with Crippen LogP contribution >= 0.6 is 11.6 Å². The molecule has 2 rings (SSSR count). The summed E-state index contributed by atoms with van der Waals surface area (Å²) >= 11 is 5.87. The maximum atomic E-state index is 8.69. The van der Waals surface area contributed by atoms with Gasteiger partial charge in [0.1, 0.15) is 18.4 Å². The molecule has 1 aromatic carbocycles. The predicted octanol–water partition coefficient (Wildman–Crippen LogP) is 3.19. The summed E-state index contributed by atoms with van der Waals surface area (Å²) in [5.74, 6) is 0.785. The number of aromatic nitrogens is 1. The highest BCUT2D eigenvalue weighted by atomic mass is 35.5. The Balaban J connectivity index is 2.06. The van der Waals surface area contributed by atoms with Crippen molar-refractivity contribution >= 4 is 11.6 Å². The first-order chi connectivity index (χ1) is 8.29. The molecule has 1 heterocycles. The molecular weight excluding hydrogens is 236 g/mol. The summed E-state index contributed by atoms with van der Waals surface area (Å²) in [7, 11) is 0.